The molecule has 3 aromatic carbocycles. The number of para-hydroxylation sites is 1. The van der Waals surface area contributed by atoms with Gasteiger partial charge in [0, 0.05) is 5.56 Å². The summed E-state index contributed by atoms with van der Waals surface area (Å²) in [6, 6.07) is 19.2. The number of hydrazine groups is 1. The highest BCUT2D eigenvalue weighted by Crippen LogP contribution is 2.21. The van der Waals surface area contributed by atoms with E-state index in [1.807, 2.05) is 44.2 Å². The molecule has 1 atom stereocenters. The topological polar surface area (TPSA) is 105 Å². The van der Waals surface area contributed by atoms with Gasteiger partial charge in [0.25, 0.3) is 17.4 Å². The fraction of sp³-hybridized carbons (Fsp3) is 0.154. The molecule has 0 bridgehead atoms. The summed E-state index contributed by atoms with van der Waals surface area (Å²) in [5.74, 6) is -0.458. The zero-order valence-electron chi connectivity index (χ0n) is 19.4. The lowest BCUT2D eigenvalue weighted by Crippen LogP contribution is -2.47. The summed E-state index contributed by atoms with van der Waals surface area (Å²) in [5.41, 5.74) is 7.74. The summed E-state index contributed by atoms with van der Waals surface area (Å²) < 4.78 is 7.34. The molecule has 0 fully saturated rings. The Kier molecular flexibility index (Phi) is 6.79. The second-order valence-electron chi connectivity index (χ2n) is 8.07. The maximum absolute atomic E-state index is 13.0. The van der Waals surface area contributed by atoms with Crippen molar-refractivity contribution in [1.29, 1.82) is 0 Å². The zero-order chi connectivity index (χ0) is 25.1. The first kappa shape index (κ1) is 23.9. The van der Waals surface area contributed by atoms with Crippen molar-refractivity contribution >= 4 is 34.9 Å². The zero-order valence-corrected chi connectivity index (χ0v) is 20.2. The quantitative estimate of drug-likeness (QED) is 0.292. The monoisotopic (exact) mass is 488 g/mol. The average molecular weight is 489 g/mol. The van der Waals surface area contributed by atoms with Gasteiger partial charge in [-0.2, -0.15) is 0 Å². The van der Waals surface area contributed by atoms with Gasteiger partial charge in [0.1, 0.15) is 5.75 Å². The fourth-order valence-electron chi connectivity index (χ4n) is 3.56. The molecule has 0 saturated heterocycles. The lowest BCUT2D eigenvalue weighted by molar-refractivity contribution is -0.128. The number of carbonyl (C=O) groups excluding carboxylic acids is 2. The van der Waals surface area contributed by atoms with E-state index in [0.717, 1.165) is 11.1 Å². The molecule has 178 valence electrons. The van der Waals surface area contributed by atoms with Gasteiger partial charge in [-0.25, -0.2) is 0 Å². The molecule has 2 amide bonds. The van der Waals surface area contributed by atoms with Crippen LogP contribution in [-0.2, 0) is 4.79 Å². The van der Waals surface area contributed by atoms with E-state index in [1.165, 1.54) is 16.7 Å². The van der Waals surface area contributed by atoms with E-state index >= 15 is 0 Å². The number of H-pyrrole nitrogens is 1. The number of amides is 2. The molecule has 0 radical (unpaired) electrons. The summed E-state index contributed by atoms with van der Waals surface area (Å²) in [6.07, 6.45) is -0.833. The lowest BCUT2D eigenvalue weighted by atomic mass is 10.1. The van der Waals surface area contributed by atoms with Gasteiger partial charge in [-0.1, -0.05) is 30.3 Å². The number of hydrogen-bond donors (Lipinski definition) is 3. The van der Waals surface area contributed by atoms with Crippen LogP contribution < -0.4 is 21.1 Å². The van der Waals surface area contributed by atoms with Crippen LogP contribution in [0.15, 0.2) is 71.5 Å². The summed E-state index contributed by atoms with van der Waals surface area (Å²) in [7, 11) is 0. The smallest absolute Gasteiger partial charge is 0.279 e. The maximum atomic E-state index is 13.0. The number of nitrogens with zero attached hydrogens (tertiary/aromatic N) is 1. The maximum Gasteiger partial charge on any atom is 0.279 e. The number of benzene rings is 3. The van der Waals surface area contributed by atoms with Crippen molar-refractivity contribution in [3.8, 4) is 11.4 Å². The number of aryl methyl sites for hydroxylation is 1. The number of aromatic amines is 1. The van der Waals surface area contributed by atoms with Crippen LogP contribution in [0.2, 0.25) is 0 Å². The van der Waals surface area contributed by atoms with Crippen LogP contribution in [0.5, 0.6) is 5.75 Å². The molecule has 8 nitrogen and oxygen atoms in total. The molecule has 0 saturated carbocycles. The van der Waals surface area contributed by atoms with Crippen LogP contribution in [-0.4, -0.2) is 27.5 Å². The second-order valence-corrected chi connectivity index (χ2v) is 8.45. The number of carbonyl (C=O) groups is 2. The average Bonchev–Trinajstić information content (AvgIpc) is 2.85. The first-order chi connectivity index (χ1) is 16.8. The van der Waals surface area contributed by atoms with Crippen LogP contribution in [0.3, 0.4) is 0 Å². The van der Waals surface area contributed by atoms with Crippen LogP contribution in [0.25, 0.3) is 16.6 Å². The van der Waals surface area contributed by atoms with E-state index in [4.69, 9.17) is 17.0 Å². The van der Waals surface area contributed by atoms with Crippen molar-refractivity contribution in [2.24, 2.45) is 0 Å². The summed E-state index contributed by atoms with van der Waals surface area (Å²) >= 11 is 5.38. The summed E-state index contributed by atoms with van der Waals surface area (Å²) in [4.78, 5) is 41.1. The number of ether oxygens (including phenoxy) is 1. The second kappa shape index (κ2) is 9.94. The number of fused-ring (bicyclic) bond motifs is 1. The molecule has 3 N–H and O–H groups in total. The predicted molar refractivity (Wildman–Crippen MR) is 136 cm³/mol. The summed E-state index contributed by atoms with van der Waals surface area (Å²) in [6.45, 7) is 5.47. The Morgan fingerprint density at radius 3 is 2.49 bits per heavy atom. The molecular formula is C26H24N4O4S. The van der Waals surface area contributed by atoms with E-state index in [1.54, 1.807) is 31.2 Å². The van der Waals surface area contributed by atoms with E-state index < -0.39 is 17.9 Å². The van der Waals surface area contributed by atoms with Crippen molar-refractivity contribution in [3.63, 3.8) is 0 Å². The molecule has 0 spiro atoms. The Balaban J connectivity index is 1.48. The number of aromatic nitrogens is 2. The SMILES string of the molecule is Cc1cccc(OC(C)C(=O)NNC(=O)c2ccc3c(=O)n(-c4ccccc4)c(=S)[nH]c3c2)c1C. The van der Waals surface area contributed by atoms with Crippen LogP contribution in [0.4, 0.5) is 0 Å². The largest absolute Gasteiger partial charge is 0.481 e. The van der Waals surface area contributed by atoms with Crippen molar-refractivity contribution in [2.75, 3.05) is 0 Å². The predicted octanol–water partition coefficient (Wildman–Crippen LogP) is 3.89. The van der Waals surface area contributed by atoms with E-state index in [9.17, 15) is 14.4 Å². The van der Waals surface area contributed by atoms with Crippen molar-refractivity contribution < 1.29 is 14.3 Å². The molecule has 4 rings (SSSR count). The van der Waals surface area contributed by atoms with Crippen molar-refractivity contribution in [3.05, 3.63) is 98.5 Å². The Morgan fingerprint density at radius 1 is 1.00 bits per heavy atom. The molecule has 1 heterocycles. The molecule has 9 heteroatoms. The van der Waals surface area contributed by atoms with Gasteiger partial charge in [0.15, 0.2) is 10.9 Å². The van der Waals surface area contributed by atoms with Gasteiger partial charge in [-0.05, 0) is 80.5 Å². The van der Waals surface area contributed by atoms with Crippen LogP contribution in [0, 0.1) is 18.6 Å². The fourth-order valence-corrected chi connectivity index (χ4v) is 3.86. The van der Waals surface area contributed by atoms with Gasteiger partial charge in [0.2, 0.25) is 0 Å². The minimum atomic E-state index is -0.833. The Labute approximate surface area is 206 Å². The van der Waals surface area contributed by atoms with E-state index in [0.29, 0.717) is 22.3 Å². The first-order valence-electron chi connectivity index (χ1n) is 10.9. The van der Waals surface area contributed by atoms with Crippen molar-refractivity contribution in [1.82, 2.24) is 20.4 Å². The van der Waals surface area contributed by atoms with Gasteiger partial charge in [-0.3, -0.25) is 29.8 Å². The lowest BCUT2D eigenvalue weighted by Gasteiger charge is -2.17. The van der Waals surface area contributed by atoms with Gasteiger partial charge in [-0.15, -0.1) is 0 Å². The number of nitrogens with one attached hydrogen (secondary N) is 3. The molecule has 1 aromatic heterocycles. The molecular weight excluding hydrogens is 464 g/mol. The first-order valence-corrected chi connectivity index (χ1v) is 11.3. The molecule has 0 aliphatic carbocycles. The van der Waals surface area contributed by atoms with Gasteiger partial charge < -0.3 is 9.72 Å². The standard InChI is InChI=1S/C26H24N4O4S/c1-15-8-7-11-22(16(15)2)34-17(3)23(31)28-29-24(32)18-12-13-20-21(14-18)27-26(35)30(25(20)33)19-9-5-4-6-10-19/h4-14,17H,1-3H3,(H,27,35)(H,28,31)(H,29,32). The van der Waals surface area contributed by atoms with Crippen molar-refractivity contribution in [2.45, 2.75) is 26.9 Å². The van der Waals surface area contributed by atoms with E-state index in [2.05, 4.69) is 15.8 Å². The number of hydrogen-bond acceptors (Lipinski definition) is 5. The Morgan fingerprint density at radius 2 is 1.74 bits per heavy atom. The third-order valence-electron chi connectivity index (χ3n) is 5.70. The van der Waals surface area contributed by atoms with Gasteiger partial charge in [0.05, 0.1) is 16.6 Å². The molecule has 35 heavy (non-hydrogen) atoms. The third kappa shape index (κ3) is 4.99. The highest BCUT2D eigenvalue weighted by atomic mass is 32.1. The molecule has 0 aliphatic heterocycles. The molecule has 1 unspecified atom stereocenters. The van der Waals surface area contributed by atoms with Crippen LogP contribution in [0.1, 0.15) is 28.4 Å². The summed E-state index contributed by atoms with van der Waals surface area (Å²) in [5, 5.41) is 0.374. The number of rotatable bonds is 5. The molecule has 4 aromatic rings. The minimum Gasteiger partial charge on any atom is -0.481 e. The third-order valence-corrected chi connectivity index (χ3v) is 5.99. The Hall–Kier alpha value is -4.24. The highest BCUT2D eigenvalue weighted by molar-refractivity contribution is 7.71. The Bertz CT molecular complexity index is 1540. The van der Waals surface area contributed by atoms with E-state index in [-0.39, 0.29) is 15.9 Å². The molecule has 0 aliphatic rings. The van der Waals surface area contributed by atoms with Crippen LogP contribution >= 0.6 is 12.2 Å². The highest BCUT2D eigenvalue weighted by Gasteiger charge is 2.18. The van der Waals surface area contributed by atoms with Gasteiger partial charge >= 0.3 is 0 Å². The normalized spacial score (nSPS) is 11.6. The minimum absolute atomic E-state index is 0.206.